The number of H-pyrrole nitrogens is 2. The third-order valence-corrected chi connectivity index (χ3v) is 4.57. The molecule has 0 aliphatic rings. The van der Waals surface area contributed by atoms with Crippen LogP contribution in [0.4, 0.5) is 11.9 Å². The third kappa shape index (κ3) is 3.81. The standard InChI is InChI=1S/C21H17N5O4/c1-11-14(10-17(27)28)19(30)25-20(22-11)26-21-23-15-8-7-13(9-16(15)24-21)18(29)12-5-3-2-4-6-12/h2-9H,10H2,1H3,(H,27,28)(H3,22,23,24,25,26,30). The summed E-state index contributed by atoms with van der Waals surface area (Å²) in [6.07, 6.45) is -0.405. The number of nitrogens with one attached hydrogen (secondary N) is 3. The number of anilines is 2. The van der Waals surface area contributed by atoms with E-state index in [0.29, 0.717) is 33.8 Å². The van der Waals surface area contributed by atoms with Crippen LogP contribution in [0.25, 0.3) is 11.0 Å². The molecule has 0 fully saturated rings. The average Bonchev–Trinajstić information content (AvgIpc) is 3.12. The number of carboxylic acid groups (broad SMARTS) is 1. The SMILES string of the molecule is Cc1nc(Nc2nc3ccc(C(=O)c4ccccc4)cc3[nH]2)[nH]c(=O)c1CC(=O)O. The maximum atomic E-state index is 12.6. The van der Waals surface area contributed by atoms with Gasteiger partial charge in [0.05, 0.1) is 23.1 Å². The average molecular weight is 403 g/mol. The molecule has 0 bridgehead atoms. The minimum atomic E-state index is -1.11. The monoisotopic (exact) mass is 403 g/mol. The van der Waals surface area contributed by atoms with E-state index < -0.39 is 17.9 Å². The number of nitrogens with zero attached hydrogens (tertiary/aromatic N) is 2. The van der Waals surface area contributed by atoms with Crippen LogP contribution in [0.5, 0.6) is 0 Å². The number of carbonyl (C=O) groups excluding carboxylic acids is 1. The fourth-order valence-corrected chi connectivity index (χ4v) is 3.11. The molecular weight excluding hydrogens is 386 g/mol. The Labute approximate surface area is 169 Å². The Kier molecular flexibility index (Phi) is 4.85. The molecule has 0 saturated heterocycles. The number of fused-ring (bicyclic) bond motifs is 1. The number of aryl methyl sites for hydroxylation is 1. The van der Waals surface area contributed by atoms with E-state index in [1.807, 2.05) is 18.2 Å². The Balaban J connectivity index is 1.61. The first-order chi connectivity index (χ1) is 14.4. The zero-order chi connectivity index (χ0) is 21.3. The lowest BCUT2D eigenvalue weighted by atomic mass is 10.0. The van der Waals surface area contributed by atoms with Crippen LogP contribution in [0.15, 0.2) is 53.3 Å². The Bertz CT molecular complexity index is 1320. The van der Waals surface area contributed by atoms with Crippen LogP contribution in [0.3, 0.4) is 0 Å². The summed E-state index contributed by atoms with van der Waals surface area (Å²) >= 11 is 0. The highest BCUT2D eigenvalue weighted by molar-refractivity contribution is 6.10. The number of hydrogen-bond donors (Lipinski definition) is 4. The number of aromatic amines is 2. The molecule has 2 aromatic heterocycles. The van der Waals surface area contributed by atoms with Crippen LogP contribution in [-0.4, -0.2) is 36.8 Å². The predicted octanol–water partition coefficient (Wildman–Crippen LogP) is 2.56. The number of ketones is 1. The summed E-state index contributed by atoms with van der Waals surface area (Å²) in [7, 11) is 0. The maximum Gasteiger partial charge on any atom is 0.308 e. The second-order valence-corrected chi connectivity index (χ2v) is 6.69. The van der Waals surface area contributed by atoms with E-state index >= 15 is 0 Å². The highest BCUT2D eigenvalue weighted by atomic mass is 16.4. The van der Waals surface area contributed by atoms with Crippen molar-refractivity contribution in [1.82, 2.24) is 19.9 Å². The first kappa shape index (κ1) is 19.1. The van der Waals surface area contributed by atoms with Crippen LogP contribution in [-0.2, 0) is 11.2 Å². The molecule has 2 aromatic carbocycles. The summed E-state index contributed by atoms with van der Waals surface area (Å²) in [5.74, 6) is -0.754. The van der Waals surface area contributed by atoms with Gasteiger partial charge in [0.2, 0.25) is 11.9 Å². The summed E-state index contributed by atoms with van der Waals surface area (Å²) in [6.45, 7) is 1.57. The van der Waals surface area contributed by atoms with E-state index in [1.54, 1.807) is 37.3 Å². The van der Waals surface area contributed by atoms with Crippen molar-refractivity contribution in [2.24, 2.45) is 0 Å². The van der Waals surface area contributed by atoms with Crippen LogP contribution >= 0.6 is 0 Å². The minimum Gasteiger partial charge on any atom is -0.481 e. The second-order valence-electron chi connectivity index (χ2n) is 6.69. The van der Waals surface area contributed by atoms with Gasteiger partial charge < -0.3 is 10.1 Å². The summed E-state index contributed by atoms with van der Waals surface area (Å²) in [6, 6.07) is 14.1. The number of carbonyl (C=O) groups is 2. The topological polar surface area (TPSA) is 141 Å². The highest BCUT2D eigenvalue weighted by Crippen LogP contribution is 2.20. The number of aromatic nitrogens is 4. The van der Waals surface area contributed by atoms with Crippen LogP contribution < -0.4 is 10.9 Å². The van der Waals surface area contributed by atoms with Gasteiger partial charge in [0.25, 0.3) is 5.56 Å². The Morgan fingerprint density at radius 3 is 2.43 bits per heavy atom. The van der Waals surface area contributed by atoms with Gasteiger partial charge in [-0.3, -0.25) is 24.7 Å². The summed E-state index contributed by atoms with van der Waals surface area (Å²) in [4.78, 5) is 49.8. The zero-order valence-corrected chi connectivity index (χ0v) is 15.9. The lowest BCUT2D eigenvalue weighted by molar-refractivity contribution is -0.136. The molecule has 2 heterocycles. The van der Waals surface area contributed by atoms with Crippen LogP contribution in [0.2, 0.25) is 0 Å². The van der Waals surface area contributed by atoms with Gasteiger partial charge in [-0.05, 0) is 25.1 Å². The fraction of sp³-hybridized carbons (Fsp3) is 0.0952. The quantitative estimate of drug-likeness (QED) is 0.363. The molecule has 0 spiro atoms. The van der Waals surface area contributed by atoms with Gasteiger partial charge in [0.15, 0.2) is 5.78 Å². The molecule has 4 aromatic rings. The molecule has 0 aliphatic carbocycles. The fourth-order valence-electron chi connectivity index (χ4n) is 3.11. The van der Waals surface area contributed by atoms with Crippen molar-refractivity contribution in [2.75, 3.05) is 5.32 Å². The normalized spacial score (nSPS) is 10.8. The van der Waals surface area contributed by atoms with E-state index in [-0.39, 0.29) is 17.3 Å². The number of benzene rings is 2. The van der Waals surface area contributed by atoms with E-state index in [0.717, 1.165) is 0 Å². The van der Waals surface area contributed by atoms with Crippen molar-refractivity contribution in [3.05, 3.63) is 81.3 Å². The summed E-state index contributed by atoms with van der Waals surface area (Å²) in [5.41, 5.74) is 2.26. The van der Waals surface area contributed by atoms with E-state index in [2.05, 4.69) is 25.3 Å². The number of hydrogen-bond acceptors (Lipinski definition) is 6. The molecule has 9 nitrogen and oxygen atoms in total. The first-order valence-electron chi connectivity index (χ1n) is 9.09. The molecule has 4 N–H and O–H groups in total. The highest BCUT2D eigenvalue weighted by Gasteiger charge is 2.14. The molecule has 30 heavy (non-hydrogen) atoms. The van der Waals surface area contributed by atoms with E-state index in [1.165, 1.54) is 0 Å². The number of imidazole rings is 1. The van der Waals surface area contributed by atoms with Crippen molar-refractivity contribution in [3.63, 3.8) is 0 Å². The van der Waals surface area contributed by atoms with Gasteiger partial charge in [-0.15, -0.1) is 0 Å². The van der Waals surface area contributed by atoms with Gasteiger partial charge in [0, 0.05) is 16.7 Å². The minimum absolute atomic E-state index is 0.0988. The van der Waals surface area contributed by atoms with Crippen molar-refractivity contribution < 1.29 is 14.7 Å². The largest absolute Gasteiger partial charge is 0.481 e. The van der Waals surface area contributed by atoms with Crippen molar-refractivity contribution in [2.45, 2.75) is 13.3 Å². The van der Waals surface area contributed by atoms with Gasteiger partial charge in [-0.1, -0.05) is 30.3 Å². The maximum absolute atomic E-state index is 12.6. The van der Waals surface area contributed by atoms with Gasteiger partial charge in [-0.25, -0.2) is 9.97 Å². The molecule has 0 saturated carbocycles. The number of aliphatic carboxylic acids is 1. The third-order valence-electron chi connectivity index (χ3n) is 4.57. The van der Waals surface area contributed by atoms with Gasteiger partial charge in [0.1, 0.15) is 0 Å². The van der Waals surface area contributed by atoms with E-state index in [4.69, 9.17) is 5.11 Å². The number of rotatable bonds is 6. The van der Waals surface area contributed by atoms with Crippen molar-refractivity contribution >= 4 is 34.7 Å². The van der Waals surface area contributed by atoms with Gasteiger partial charge in [-0.2, -0.15) is 0 Å². The zero-order valence-electron chi connectivity index (χ0n) is 15.9. The molecule has 9 heteroatoms. The van der Waals surface area contributed by atoms with Gasteiger partial charge >= 0.3 is 5.97 Å². The van der Waals surface area contributed by atoms with E-state index in [9.17, 15) is 14.4 Å². The van der Waals surface area contributed by atoms with Crippen molar-refractivity contribution in [1.29, 1.82) is 0 Å². The molecule has 4 rings (SSSR count). The summed E-state index contributed by atoms with van der Waals surface area (Å²) in [5, 5.41) is 11.8. The molecule has 0 amide bonds. The first-order valence-corrected chi connectivity index (χ1v) is 9.09. The lowest BCUT2D eigenvalue weighted by Crippen LogP contribution is -2.21. The molecule has 0 radical (unpaired) electrons. The summed E-state index contributed by atoms with van der Waals surface area (Å²) < 4.78 is 0. The smallest absolute Gasteiger partial charge is 0.308 e. The Hall–Kier alpha value is -4.27. The Morgan fingerprint density at radius 1 is 1.00 bits per heavy atom. The molecule has 150 valence electrons. The molecular formula is C21H17N5O4. The molecule has 0 atom stereocenters. The van der Waals surface area contributed by atoms with Crippen LogP contribution in [0, 0.1) is 6.92 Å². The van der Waals surface area contributed by atoms with Crippen LogP contribution in [0.1, 0.15) is 27.2 Å². The lowest BCUT2D eigenvalue weighted by Gasteiger charge is -2.06. The Morgan fingerprint density at radius 2 is 1.73 bits per heavy atom. The molecule has 0 unspecified atom stereocenters. The second kappa shape index (κ2) is 7.63. The number of carboxylic acids is 1. The predicted molar refractivity (Wildman–Crippen MR) is 110 cm³/mol. The van der Waals surface area contributed by atoms with Crippen molar-refractivity contribution in [3.8, 4) is 0 Å². The molecule has 0 aliphatic heterocycles.